The summed E-state index contributed by atoms with van der Waals surface area (Å²) < 4.78 is 12.9. The van der Waals surface area contributed by atoms with E-state index < -0.39 is 7.14 Å². The highest BCUT2D eigenvalue weighted by molar-refractivity contribution is 7.65. The van der Waals surface area contributed by atoms with E-state index in [0.717, 1.165) is 12.6 Å². The van der Waals surface area contributed by atoms with Gasteiger partial charge in [0.2, 0.25) is 0 Å². The first kappa shape index (κ1) is 16.2. The van der Waals surface area contributed by atoms with Gasteiger partial charge in [0.1, 0.15) is 0 Å². The van der Waals surface area contributed by atoms with Crippen LogP contribution in [0.3, 0.4) is 0 Å². The monoisotopic (exact) mass is 246 g/mol. The topological polar surface area (TPSA) is 17.1 Å². The van der Waals surface area contributed by atoms with Gasteiger partial charge in [-0.05, 0) is 12.8 Å². The fraction of sp³-hybridized carbons (Fsp3) is 1.00. The van der Waals surface area contributed by atoms with E-state index in [1.807, 2.05) is 0 Å². The molecule has 2 atom stereocenters. The maximum Gasteiger partial charge on any atom is 0.0927 e. The number of hydrogen-bond donors (Lipinski definition) is 0. The molecule has 0 aliphatic carbocycles. The van der Waals surface area contributed by atoms with Crippen LogP contribution >= 0.6 is 7.14 Å². The average molecular weight is 246 g/mol. The molecule has 0 saturated carbocycles. The molecule has 0 saturated heterocycles. The third kappa shape index (κ3) is 5.04. The Kier molecular flexibility index (Phi) is 8.46. The lowest BCUT2D eigenvalue weighted by Crippen LogP contribution is -2.13. The summed E-state index contributed by atoms with van der Waals surface area (Å²) in [4.78, 5) is 0. The average Bonchev–Trinajstić information content (AvgIpc) is 2.27. The van der Waals surface area contributed by atoms with E-state index in [1.54, 1.807) is 0 Å². The lowest BCUT2D eigenvalue weighted by Gasteiger charge is -2.27. The van der Waals surface area contributed by atoms with Crippen LogP contribution < -0.4 is 0 Å². The van der Waals surface area contributed by atoms with Crippen molar-refractivity contribution in [1.29, 1.82) is 0 Å². The highest BCUT2D eigenvalue weighted by Crippen LogP contribution is 2.56. The molecule has 0 aliphatic rings. The van der Waals surface area contributed by atoms with E-state index in [4.69, 9.17) is 0 Å². The molecular weight excluding hydrogens is 215 g/mol. The van der Waals surface area contributed by atoms with Gasteiger partial charge in [0.15, 0.2) is 0 Å². The van der Waals surface area contributed by atoms with Gasteiger partial charge in [-0.2, -0.15) is 0 Å². The molecule has 0 rings (SSSR count). The Bertz CT molecular complexity index is 211. The summed E-state index contributed by atoms with van der Waals surface area (Å²) in [6.45, 7) is 10.8. The van der Waals surface area contributed by atoms with Crippen LogP contribution in [0.5, 0.6) is 0 Å². The van der Waals surface area contributed by atoms with Crippen molar-refractivity contribution in [1.82, 2.24) is 0 Å². The molecule has 0 spiro atoms. The van der Waals surface area contributed by atoms with E-state index in [-0.39, 0.29) is 0 Å². The van der Waals surface area contributed by atoms with Crippen molar-refractivity contribution in [2.24, 2.45) is 0 Å². The zero-order valence-electron chi connectivity index (χ0n) is 12.0. The summed E-state index contributed by atoms with van der Waals surface area (Å²) in [5.41, 5.74) is 0.785. The van der Waals surface area contributed by atoms with Crippen molar-refractivity contribution >= 4 is 7.14 Å². The molecular formula is C14H31OP. The molecule has 0 aromatic heterocycles. The van der Waals surface area contributed by atoms with Crippen LogP contribution in [0.25, 0.3) is 0 Å². The van der Waals surface area contributed by atoms with E-state index in [1.165, 1.54) is 32.1 Å². The first-order valence-corrected chi connectivity index (χ1v) is 9.10. The zero-order chi connectivity index (χ0) is 12.6. The van der Waals surface area contributed by atoms with Crippen LogP contribution in [0.15, 0.2) is 0 Å². The number of rotatable bonds is 9. The van der Waals surface area contributed by atoms with Crippen LogP contribution in [0.1, 0.15) is 73.1 Å². The van der Waals surface area contributed by atoms with Gasteiger partial charge in [-0.1, -0.05) is 60.3 Å². The van der Waals surface area contributed by atoms with E-state index >= 15 is 0 Å². The lowest BCUT2D eigenvalue weighted by atomic mass is 10.2. The SMILES string of the molecule is CCCCCCCP(=O)(C(C)C)[C@@H](C)CC. The van der Waals surface area contributed by atoms with E-state index in [0.29, 0.717) is 11.3 Å². The van der Waals surface area contributed by atoms with Crippen molar-refractivity contribution in [2.75, 3.05) is 6.16 Å². The van der Waals surface area contributed by atoms with E-state index in [2.05, 4.69) is 34.6 Å². The standard InChI is InChI=1S/C14H31OP/c1-6-8-9-10-11-12-16(15,13(3)4)14(5)7-2/h13-14H,6-12H2,1-5H3/t14-,16?/m0/s1. The smallest absolute Gasteiger partial charge is 0.0927 e. The second-order valence-electron chi connectivity index (χ2n) is 5.34. The van der Waals surface area contributed by atoms with Gasteiger partial charge in [0, 0.05) is 17.5 Å². The van der Waals surface area contributed by atoms with Crippen molar-refractivity contribution < 1.29 is 4.57 Å². The van der Waals surface area contributed by atoms with Crippen LogP contribution in [0, 0.1) is 0 Å². The second-order valence-corrected chi connectivity index (χ2v) is 9.41. The zero-order valence-corrected chi connectivity index (χ0v) is 12.9. The Balaban J connectivity index is 4.09. The normalized spacial score (nSPS) is 17.4. The molecule has 16 heavy (non-hydrogen) atoms. The molecule has 0 bridgehead atoms. The minimum Gasteiger partial charge on any atom is -0.323 e. The minimum atomic E-state index is -1.93. The summed E-state index contributed by atoms with van der Waals surface area (Å²) in [6, 6.07) is 0. The molecule has 0 aliphatic heterocycles. The van der Waals surface area contributed by atoms with Crippen molar-refractivity contribution in [3.8, 4) is 0 Å². The Morgan fingerprint density at radius 3 is 1.94 bits per heavy atom. The van der Waals surface area contributed by atoms with Crippen LogP contribution in [-0.4, -0.2) is 17.5 Å². The molecule has 0 aromatic carbocycles. The van der Waals surface area contributed by atoms with Gasteiger partial charge in [-0.3, -0.25) is 0 Å². The summed E-state index contributed by atoms with van der Waals surface area (Å²) in [7, 11) is -1.93. The Morgan fingerprint density at radius 1 is 0.938 bits per heavy atom. The maximum absolute atomic E-state index is 12.9. The Hall–Kier alpha value is 0.230. The summed E-state index contributed by atoms with van der Waals surface area (Å²) >= 11 is 0. The first-order valence-electron chi connectivity index (χ1n) is 7.07. The van der Waals surface area contributed by atoms with Crippen molar-refractivity contribution in [2.45, 2.75) is 84.5 Å². The molecule has 0 amide bonds. The number of unbranched alkanes of at least 4 members (excludes halogenated alkanes) is 4. The summed E-state index contributed by atoms with van der Waals surface area (Å²) in [6.07, 6.45) is 8.40. The first-order chi connectivity index (χ1) is 7.49. The van der Waals surface area contributed by atoms with Crippen LogP contribution in [-0.2, 0) is 4.57 Å². The molecule has 0 radical (unpaired) electrons. The molecule has 0 heterocycles. The molecule has 98 valence electrons. The Morgan fingerprint density at radius 2 is 1.50 bits per heavy atom. The van der Waals surface area contributed by atoms with Gasteiger partial charge < -0.3 is 4.57 Å². The third-order valence-corrected chi connectivity index (χ3v) is 8.44. The van der Waals surface area contributed by atoms with Gasteiger partial charge in [-0.15, -0.1) is 0 Å². The summed E-state index contributed by atoms with van der Waals surface area (Å²) in [5, 5.41) is 0. The Labute approximate surface area is 103 Å². The fourth-order valence-electron chi connectivity index (χ4n) is 2.26. The highest BCUT2D eigenvalue weighted by atomic mass is 31.2. The van der Waals surface area contributed by atoms with Crippen LogP contribution in [0.2, 0.25) is 0 Å². The van der Waals surface area contributed by atoms with Gasteiger partial charge in [0.25, 0.3) is 0 Å². The maximum atomic E-state index is 12.9. The largest absolute Gasteiger partial charge is 0.323 e. The molecule has 2 heteroatoms. The minimum absolute atomic E-state index is 0.369. The predicted molar refractivity (Wildman–Crippen MR) is 76.1 cm³/mol. The van der Waals surface area contributed by atoms with Crippen molar-refractivity contribution in [3.05, 3.63) is 0 Å². The predicted octanol–water partition coefficient (Wildman–Crippen LogP) is 5.53. The van der Waals surface area contributed by atoms with Gasteiger partial charge in [-0.25, -0.2) is 0 Å². The molecule has 0 N–H and O–H groups in total. The second kappa shape index (κ2) is 8.34. The fourth-order valence-corrected chi connectivity index (χ4v) is 5.57. The molecule has 1 nitrogen and oxygen atoms in total. The third-order valence-electron chi connectivity index (χ3n) is 3.82. The highest BCUT2D eigenvalue weighted by Gasteiger charge is 2.30. The summed E-state index contributed by atoms with van der Waals surface area (Å²) in [5.74, 6) is 0. The number of hydrogen-bond acceptors (Lipinski definition) is 1. The van der Waals surface area contributed by atoms with E-state index in [9.17, 15) is 4.57 Å². The molecule has 0 fully saturated rings. The quantitative estimate of drug-likeness (QED) is 0.386. The molecule has 1 unspecified atom stereocenters. The van der Waals surface area contributed by atoms with Crippen LogP contribution in [0.4, 0.5) is 0 Å². The van der Waals surface area contributed by atoms with Gasteiger partial charge in [0.05, 0.1) is 7.14 Å². The lowest BCUT2D eigenvalue weighted by molar-refractivity contribution is 0.551. The van der Waals surface area contributed by atoms with Gasteiger partial charge >= 0.3 is 0 Å². The molecule has 0 aromatic rings. The van der Waals surface area contributed by atoms with Crippen molar-refractivity contribution in [3.63, 3.8) is 0 Å².